The third kappa shape index (κ3) is 5.86. The molecule has 7 nitrogen and oxygen atoms in total. The first kappa shape index (κ1) is 22.0. The Morgan fingerprint density at radius 3 is 2.44 bits per heavy atom. The molecule has 0 unspecified atom stereocenters. The topological polar surface area (TPSA) is 95.4 Å². The average Bonchev–Trinajstić information content (AvgIpc) is 3.16. The van der Waals surface area contributed by atoms with Crippen LogP contribution in [0.3, 0.4) is 0 Å². The van der Waals surface area contributed by atoms with E-state index in [1.807, 2.05) is 11.9 Å². The van der Waals surface area contributed by atoms with Crippen molar-refractivity contribution in [3.8, 4) is 0 Å². The smallest absolute Gasteiger partial charge is 0.303 e. The minimum Gasteiger partial charge on any atom is -0.481 e. The Morgan fingerprint density at radius 2 is 1.81 bits per heavy atom. The van der Waals surface area contributed by atoms with E-state index < -0.39 is 5.97 Å². The van der Waals surface area contributed by atoms with Crippen molar-refractivity contribution < 1.29 is 14.7 Å². The molecule has 2 N–H and O–H groups in total. The number of aliphatic carboxylic acids is 1. The normalized spacial score (nSPS) is 23.4. The van der Waals surface area contributed by atoms with Gasteiger partial charge in [-0.3, -0.25) is 9.59 Å². The van der Waals surface area contributed by atoms with Crippen LogP contribution in [0.15, 0.2) is 0 Å². The van der Waals surface area contributed by atoms with Crippen molar-refractivity contribution in [3.05, 3.63) is 10.0 Å². The summed E-state index contributed by atoms with van der Waals surface area (Å²) in [7, 11) is 1.86. The molecule has 2 heterocycles. The molecule has 1 saturated carbocycles. The summed E-state index contributed by atoms with van der Waals surface area (Å²) in [6, 6.07) is 0.217. The lowest BCUT2D eigenvalue weighted by Gasteiger charge is -2.34. The first-order chi connectivity index (χ1) is 12.5. The number of carbonyl (C=O) groups is 2. The number of hydrogen-bond acceptors (Lipinski definition) is 6. The van der Waals surface area contributed by atoms with Crippen LogP contribution in [-0.4, -0.2) is 58.3 Å². The minimum atomic E-state index is -0.722. The van der Waals surface area contributed by atoms with E-state index in [0.29, 0.717) is 16.8 Å². The third-order valence-electron chi connectivity index (χ3n) is 5.76. The number of nitrogens with one attached hydrogen (secondary N) is 1. The number of carboxylic acid groups (broad SMARTS) is 1. The molecular formula is C18H29ClN4O3S. The largest absolute Gasteiger partial charge is 0.481 e. The Bertz CT molecular complexity index is 628. The van der Waals surface area contributed by atoms with Crippen molar-refractivity contribution in [1.82, 2.24) is 20.4 Å². The van der Waals surface area contributed by atoms with Gasteiger partial charge in [-0.15, -0.1) is 22.6 Å². The predicted molar refractivity (Wildman–Crippen MR) is 107 cm³/mol. The molecule has 1 saturated heterocycles. The first-order valence-electron chi connectivity index (χ1n) is 9.57. The van der Waals surface area contributed by atoms with Crippen LogP contribution in [0, 0.1) is 5.92 Å². The highest BCUT2D eigenvalue weighted by atomic mass is 35.5. The van der Waals surface area contributed by atoms with Gasteiger partial charge in [0.05, 0.1) is 0 Å². The van der Waals surface area contributed by atoms with Crippen LogP contribution in [0.1, 0.15) is 72.1 Å². The molecule has 2 aliphatic rings. The molecule has 2 fully saturated rings. The quantitative estimate of drug-likeness (QED) is 0.740. The number of aromatic nitrogens is 2. The maximum absolute atomic E-state index is 12.8. The van der Waals surface area contributed by atoms with Crippen LogP contribution >= 0.6 is 23.7 Å². The highest BCUT2D eigenvalue weighted by Crippen LogP contribution is 2.32. The summed E-state index contributed by atoms with van der Waals surface area (Å²) in [5.74, 6) is 0.140. The van der Waals surface area contributed by atoms with E-state index in [2.05, 4.69) is 15.5 Å². The van der Waals surface area contributed by atoms with Crippen molar-refractivity contribution in [3.63, 3.8) is 0 Å². The van der Waals surface area contributed by atoms with Crippen molar-refractivity contribution in [2.75, 3.05) is 20.1 Å². The Kier molecular flexibility index (Phi) is 8.44. The standard InChI is InChI=1S/C18H28N4O3S.ClH/c1-22(14-5-2-12(3-6-14)4-7-15(23)24)18(25)17-21-20-16(26-17)13-8-10-19-11-9-13;/h12-14,19H,2-11H2,1H3,(H,23,24);1H. The maximum atomic E-state index is 12.8. The fourth-order valence-electron chi connectivity index (χ4n) is 4.02. The van der Waals surface area contributed by atoms with Gasteiger partial charge in [-0.2, -0.15) is 0 Å². The van der Waals surface area contributed by atoms with Crippen molar-refractivity contribution in [2.24, 2.45) is 5.92 Å². The first-order valence-corrected chi connectivity index (χ1v) is 10.4. The second-order valence-electron chi connectivity index (χ2n) is 7.49. The zero-order valence-corrected chi connectivity index (χ0v) is 17.4. The summed E-state index contributed by atoms with van der Waals surface area (Å²) < 4.78 is 0. The summed E-state index contributed by atoms with van der Waals surface area (Å²) in [4.78, 5) is 25.3. The van der Waals surface area contributed by atoms with Gasteiger partial charge in [0.1, 0.15) is 5.01 Å². The fourth-order valence-corrected chi connectivity index (χ4v) is 5.02. The lowest BCUT2D eigenvalue weighted by atomic mass is 9.83. The van der Waals surface area contributed by atoms with Crippen LogP contribution in [0.2, 0.25) is 0 Å². The van der Waals surface area contributed by atoms with Crippen LogP contribution in [-0.2, 0) is 4.79 Å². The molecule has 1 aromatic rings. The Morgan fingerprint density at radius 1 is 1.15 bits per heavy atom. The number of piperidine rings is 1. The maximum Gasteiger partial charge on any atom is 0.303 e. The van der Waals surface area contributed by atoms with Gasteiger partial charge in [0.2, 0.25) is 5.01 Å². The van der Waals surface area contributed by atoms with E-state index in [1.165, 1.54) is 11.3 Å². The lowest BCUT2D eigenvalue weighted by Crippen LogP contribution is -2.39. The molecule has 1 aliphatic carbocycles. The Balaban J connectivity index is 0.00000261. The summed E-state index contributed by atoms with van der Waals surface area (Å²) >= 11 is 1.45. The number of nitrogens with zero attached hydrogens (tertiary/aromatic N) is 3. The van der Waals surface area contributed by atoms with Gasteiger partial charge in [-0.25, -0.2) is 0 Å². The molecule has 1 amide bonds. The summed E-state index contributed by atoms with van der Waals surface area (Å²) in [5.41, 5.74) is 0. The zero-order valence-electron chi connectivity index (χ0n) is 15.7. The van der Waals surface area contributed by atoms with Gasteiger partial charge in [0, 0.05) is 25.4 Å². The molecule has 0 spiro atoms. The van der Waals surface area contributed by atoms with Crippen LogP contribution in [0.25, 0.3) is 0 Å². The molecule has 3 rings (SSSR count). The molecule has 1 aliphatic heterocycles. The van der Waals surface area contributed by atoms with Crippen LogP contribution in [0.4, 0.5) is 0 Å². The molecule has 0 atom stereocenters. The highest BCUT2D eigenvalue weighted by molar-refractivity contribution is 7.13. The summed E-state index contributed by atoms with van der Waals surface area (Å²) in [6.45, 7) is 2.00. The summed E-state index contributed by atoms with van der Waals surface area (Å²) in [6.07, 6.45) is 6.96. The van der Waals surface area contributed by atoms with E-state index in [1.54, 1.807) is 0 Å². The van der Waals surface area contributed by atoms with Gasteiger partial charge < -0.3 is 15.3 Å². The lowest BCUT2D eigenvalue weighted by molar-refractivity contribution is -0.137. The van der Waals surface area contributed by atoms with E-state index >= 15 is 0 Å². The van der Waals surface area contributed by atoms with Gasteiger partial charge in [-0.05, 0) is 64.0 Å². The number of carboxylic acids is 1. The fraction of sp³-hybridized carbons (Fsp3) is 0.778. The molecular weight excluding hydrogens is 388 g/mol. The number of carbonyl (C=O) groups excluding carboxylic acids is 1. The monoisotopic (exact) mass is 416 g/mol. The van der Waals surface area contributed by atoms with Gasteiger partial charge in [0.25, 0.3) is 5.91 Å². The molecule has 0 aromatic carbocycles. The Hall–Kier alpha value is -1.25. The number of hydrogen-bond donors (Lipinski definition) is 2. The molecule has 0 radical (unpaired) electrons. The highest BCUT2D eigenvalue weighted by Gasteiger charge is 2.29. The van der Waals surface area contributed by atoms with Crippen molar-refractivity contribution in [2.45, 2.75) is 63.3 Å². The van der Waals surface area contributed by atoms with E-state index in [-0.39, 0.29) is 30.8 Å². The molecule has 152 valence electrons. The van der Waals surface area contributed by atoms with Crippen LogP contribution < -0.4 is 5.32 Å². The Labute approximate surface area is 170 Å². The molecule has 9 heteroatoms. The van der Waals surface area contributed by atoms with Gasteiger partial charge >= 0.3 is 5.97 Å². The molecule has 0 bridgehead atoms. The number of rotatable bonds is 6. The SMILES string of the molecule is CN(C(=O)c1nnc(C2CCNCC2)s1)C1CCC(CCC(=O)O)CC1.Cl. The second-order valence-corrected chi connectivity index (χ2v) is 8.50. The van der Waals surface area contributed by atoms with Crippen molar-refractivity contribution in [1.29, 1.82) is 0 Å². The van der Waals surface area contributed by atoms with Gasteiger partial charge in [-0.1, -0.05) is 11.3 Å². The third-order valence-corrected chi connectivity index (χ3v) is 6.84. The number of amides is 1. The van der Waals surface area contributed by atoms with E-state index in [4.69, 9.17) is 5.11 Å². The molecule has 27 heavy (non-hydrogen) atoms. The molecule has 1 aromatic heterocycles. The second kappa shape index (κ2) is 10.3. The minimum absolute atomic E-state index is 0. The zero-order chi connectivity index (χ0) is 18.5. The van der Waals surface area contributed by atoms with Crippen molar-refractivity contribution >= 4 is 35.6 Å². The van der Waals surface area contributed by atoms with Gasteiger partial charge in [0.15, 0.2) is 0 Å². The summed E-state index contributed by atoms with van der Waals surface area (Å²) in [5, 5.41) is 22.1. The van der Waals surface area contributed by atoms with E-state index in [0.717, 1.165) is 63.0 Å². The van der Waals surface area contributed by atoms with E-state index in [9.17, 15) is 9.59 Å². The number of halogens is 1. The predicted octanol–water partition coefficient (Wildman–Crippen LogP) is 2.92. The average molecular weight is 417 g/mol. The van der Waals surface area contributed by atoms with Crippen LogP contribution in [0.5, 0.6) is 0 Å².